The molecule has 3 aliphatic rings. The predicted octanol–water partition coefficient (Wildman–Crippen LogP) is 13.7. The predicted molar refractivity (Wildman–Crippen MR) is 290 cm³/mol. The van der Waals surface area contributed by atoms with Crippen molar-refractivity contribution in [3.63, 3.8) is 0 Å². The monoisotopic (exact) mass is 1070 g/mol. The lowest BCUT2D eigenvalue weighted by Crippen LogP contribution is -2.44. The summed E-state index contributed by atoms with van der Waals surface area (Å²) >= 11 is 5.33. The van der Waals surface area contributed by atoms with Gasteiger partial charge >= 0.3 is 24.4 Å². The number of amides is 4. The molecule has 3 aromatic rings. The second kappa shape index (κ2) is 27.7. The van der Waals surface area contributed by atoms with E-state index in [-0.39, 0.29) is 66.7 Å². The van der Waals surface area contributed by atoms with Crippen LogP contribution in [0.3, 0.4) is 0 Å². The summed E-state index contributed by atoms with van der Waals surface area (Å²) < 4.78 is 56.8. The number of aliphatic hydroxyl groups excluding tert-OH is 1. The standard InChI is InChI=1S/C27H43FN2O5Si.C21H24FNO2.C8H16ClNO3/c1-26(2,3)34-24(31)29-16-21-17-30(25(32)33-21)19-11-14-22(23(28)15-19)18-9-12-20(13-10-18)35-36(7,8)27(4,5)6;1-15-7-9-17(10-8-15)19-12-11-18(13-20(19)22)23-21(24)25-14-16-5-3-2-4-6-16;1-8(2,3)13-7(12)10-5-6(11)4-9/h11,14-15,18,20-21H,9-10,12-13,16-17H2,1-8H3,(H,29,31);2-6,11-13,15,17H,7-10,14H2,1H3,(H,23,24);6,11H,4-5H2,1-3H3,(H,10,12)/t18?,20?,21-;;6-/m0.1/s1. The Hall–Kier alpha value is -4.97. The highest BCUT2D eigenvalue weighted by Gasteiger charge is 2.40. The molecule has 0 radical (unpaired) electrons. The smallest absolute Gasteiger partial charge is 0.414 e. The Bertz CT molecular complexity index is 2270. The molecule has 3 fully saturated rings. The minimum Gasteiger partial charge on any atom is -0.444 e. The summed E-state index contributed by atoms with van der Waals surface area (Å²) in [6.07, 6.45) is 4.73. The van der Waals surface area contributed by atoms with Crippen LogP contribution in [0.1, 0.15) is 149 Å². The zero-order valence-electron chi connectivity index (χ0n) is 45.7. The van der Waals surface area contributed by atoms with Gasteiger partial charge in [-0.15, -0.1) is 11.6 Å². The summed E-state index contributed by atoms with van der Waals surface area (Å²) in [5.74, 6) is 0.713. The number of nitrogens with zero attached hydrogens (tertiary/aromatic N) is 1. The molecule has 2 aliphatic carbocycles. The Morgan fingerprint density at radius 2 is 1.31 bits per heavy atom. The molecule has 74 heavy (non-hydrogen) atoms. The molecule has 2 saturated carbocycles. The van der Waals surface area contributed by atoms with Crippen molar-refractivity contribution in [2.24, 2.45) is 5.92 Å². The summed E-state index contributed by atoms with van der Waals surface area (Å²) in [6, 6.07) is 19.4. The molecule has 0 spiro atoms. The molecule has 18 heteroatoms. The number of carbonyl (C=O) groups is 4. The van der Waals surface area contributed by atoms with Gasteiger partial charge in [-0.25, -0.2) is 28.0 Å². The summed E-state index contributed by atoms with van der Waals surface area (Å²) in [6.45, 7) is 24.8. The number of alkyl halides is 1. The molecular weight excluding hydrogens is 990 g/mol. The van der Waals surface area contributed by atoms with E-state index in [0.29, 0.717) is 16.9 Å². The van der Waals surface area contributed by atoms with Gasteiger partial charge in [-0.1, -0.05) is 83.0 Å². The highest BCUT2D eigenvalue weighted by molar-refractivity contribution is 6.74. The number of cyclic esters (lactones) is 1. The normalized spacial score (nSPS) is 20.6. The molecule has 0 bridgehead atoms. The maximum atomic E-state index is 15.2. The average molecular weight is 1070 g/mol. The first-order chi connectivity index (χ1) is 34.5. The lowest BCUT2D eigenvalue weighted by Gasteiger charge is -2.41. The topological polar surface area (TPSA) is 174 Å². The van der Waals surface area contributed by atoms with Crippen LogP contribution in [0.4, 0.5) is 39.3 Å². The number of alkyl carbamates (subject to hydrolysis) is 2. The van der Waals surface area contributed by atoms with Gasteiger partial charge in [0, 0.05) is 18.3 Å². The first-order valence-corrected chi connectivity index (χ1v) is 29.4. The minimum absolute atomic E-state index is 0.0931. The number of hydrogen-bond donors (Lipinski definition) is 4. The largest absolute Gasteiger partial charge is 0.444 e. The van der Waals surface area contributed by atoms with Crippen LogP contribution >= 0.6 is 11.6 Å². The third-order valence-electron chi connectivity index (χ3n) is 13.4. The van der Waals surface area contributed by atoms with Gasteiger partial charge in [-0.3, -0.25) is 10.2 Å². The van der Waals surface area contributed by atoms with Gasteiger partial charge in [0.2, 0.25) is 0 Å². The summed E-state index contributed by atoms with van der Waals surface area (Å²) in [4.78, 5) is 48.5. The van der Waals surface area contributed by atoms with Crippen molar-refractivity contribution in [2.75, 3.05) is 35.7 Å². The van der Waals surface area contributed by atoms with E-state index in [1.165, 1.54) is 17.0 Å². The number of ether oxygens (including phenoxy) is 4. The maximum Gasteiger partial charge on any atom is 0.414 e. The number of carbonyl (C=O) groups excluding carboxylic acids is 4. The third-order valence-corrected chi connectivity index (χ3v) is 18.3. The van der Waals surface area contributed by atoms with Gasteiger partial charge in [-0.2, -0.15) is 0 Å². The number of nitrogens with one attached hydrogen (secondary N) is 3. The van der Waals surface area contributed by atoms with Gasteiger partial charge in [0.1, 0.15) is 35.5 Å². The summed E-state index contributed by atoms with van der Waals surface area (Å²) in [7, 11) is -1.82. The Morgan fingerprint density at radius 3 is 1.84 bits per heavy atom. The van der Waals surface area contributed by atoms with Gasteiger partial charge in [0.25, 0.3) is 0 Å². The molecule has 412 valence electrons. The summed E-state index contributed by atoms with van der Waals surface area (Å²) in [5.41, 5.74) is 2.11. The quantitative estimate of drug-likeness (QED) is 0.0733. The Morgan fingerprint density at radius 1 is 0.770 bits per heavy atom. The van der Waals surface area contributed by atoms with E-state index in [4.69, 9.17) is 40.1 Å². The highest BCUT2D eigenvalue weighted by Crippen LogP contribution is 2.42. The van der Waals surface area contributed by atoms with Crippen LogP contribution in [0, 0.1) is 17.6 Å². The fourth-order valence-corrected chi connectivity index (χ4v) is 9.94. The Kier molecular flexibility index (Phi) is 23.1. The van der Waals surface area contributed by atoms with Crippen molar-refractivity contribution in [1.29, 1.82) is 0 Å². The number of halogens is 3. The van der Waals surface area contributed by atoms with Crippen molar-refractivity contribution in [1.82, 2.24) is 10.6 Å². The van der Waals surface area contributed by atoms with E-state index in [2.05, 4.69) is 56.7 Å². The molecule has 3 aromatic carbocycles. The van der Waals surface area contributed by atoms with E-state index in [9.17, 15) is 23.6 Å². The van der Waals surface area contributed by atoms with Gasteiger partial charge in [0.05, 0.1) is 30.8 Å². The van der Waals surface area contributed by atoms with Crippen LogP contribution < -0.4 is 20.9 Å². The van der Waals surface area contributed by atoms with Crippen molar-refractivity contribution in [3.8, 4) is 0 Å². The molecule has 4 amide bonds. The van der Waals surface area contributed by atoms with E-state index < -0.39 is 56.1 Å². The van der Waals surface area contributed by atoms with Crippen molar-refractivity contribution in [3.05, 3.63) is 95.1 Å². The maximum absolute atomic E-state index is 15.2. The van der Waals surface area contributed by atoms with Crippen LogP contribution in [0.25, 0.3) is 0 Å². The van der Waals surface area contributed by atoms with Gasteiger partial charge in [-0.05, 0) is 157 Å². The number of hydrogen-bond acceptors (Lipinski definition) is 10. The fourth-order valence-electron chi connectivity index (χ4n) is 8.40. The average Bonchev–Trinajstić information content (AvgIpc) is 3.69. The van der Waals surface area contributed by atoms with Gasteiger partial charge in [0.15, 0.2) is 8.32 Å². The number of rotatable bonds is 13. The van der Waals surface area contributed by atoms with E-state index in [1.54, 1.807) is 65.8 Å². The first kappa shape index (κ1) is 61.6. The third kappa shape index (κ3) is 21.0. The van der Waals surface area contributed by atoms with Crippen LogP contribution in [0.5, 0.6) is 0 Å². The molecule has 0 aromatic heterocycles. The molecule has 2 atom stereocenters. The Balaban J connectivity index is 0.000000269. The first-order valence-electron chi connectivity index (χ1n) is 25.9. The molecule has 4 N–H and O–H groups in total. The zero-order valence-corrected chi connectivity index (χ0v) is 47.5. The number of anilines is 2. The van der Waals surface area contributed by atoms with E-state index in [1.807, 2.05) is 30.3 Å². The Labute approximate surface area is 444 Å². The SMILES string of the molecule is CC(C)(C)OC(=O)NC[C@H](O)CCl.CC(C)(C)OC(=O)NC[C@H]1CN(c2ccc(C3CCC(O[Si](C)(C)C(C)(C)C)CC3)c(F)c2)C(=O)O1.CC1CCC(c2ccc(NC(=O)OCc3ccccc3)cc2F)CC1. The van der Waals surface area contributed by atoms with Crippen LogP contribution in [0.15, 0.2) is 66.7 Å². The highest BCUT2D eigenvalue weighted by atomic mass is 35.5. The van der Waals surface area contributed by atoms with E-state index in [0.717, 1.165) is 68.4 Å². The van der Waals surface area contributed by atoms with Crippen LogP contribution in [-0.4, -0.2) is 92.8 Å². The molecule has 1 heterocycles. The lowest BCUT2D eigenvalue weighted by molar-refractivity contribution is 0.0489. The second-order valence-electron chi connectivity index (χ2n) is 23.1. The molecule has 1 saturated heterocycles. The molecule has 14 nitrogen and oxygen atoms in total. The lowest BCUT2D eigenvalue weighted by atomic mass is 9.79. The van der Waals surface area contributed by atoms with Crippen molar-refractivity contribution in [2.45, 2.75) is 187 Å². The van der Waals surface area contributed by atoms with Crippen molar-refractivity contribution < 1.29 is 56.4 Å². The van der Waals surface area contributed by atoms with E-state index >= 15 is 4.39 Å². The minimum atomic E-state index is -1.82. The molecule has 0 unspecified atom stereocenters. The summed E-state index contributed by atoms with van der Waals surface area (Å²) in [5, 5.41) is 16.8. The zero-order chi connectivity index (χ0) is 55.0. The molecular formula is C56H83ClF2N4O10Si. The number of benzene rings is 3. The number of aliphatic hydroxyl groups is 1. The van der Waals surface area contributed by atoms with Crippen molar-refractivity contribution >= 4 is 55.7 Å². The van der Waals surface area contributed by atoms with Gasteiger partial charge < -0.3 is 39.1 Å². The van der Waals surface area contributed by atoms with Crippen LogP contribution in [0.2, 0.25) is 18.1 Å². The fraction of sp³-hybridized carbons (Fsp3) is 0.607. The second-order valence-corrected chi connectivity index (χ2v) is 28.2. The molecule has 1 aliphatic heterocycles. The molecule has 6 rings (SSSR count). The van der Waals surface area contributed by atoms with Crippen LogP contribution in [-0.2, 0) is 30.0 Å².